The first-order chi connectivity index (χ1) is 8.58. The van der Waals surface area contributed by atoms with E-state index in [9.17, 15) is 0 Å². The molecule has 1 aromatic heterocycles. The van der Waals surface area contributed by atoms with Crippen molar-refractivity contribution in [2.75, 3.05) is 14.2 Å². The molecule has 0 aliphatic rings. The van der Waals surface area contributed by atoms with E-state index in [-0.39, 0.29) is 0 Å². The van der Waals surface area contributed by atoms with Crippen LogP contribution in [0, 0.1) is 6.92 Å². The van der Waals surface area contributed by atoms with Crippen molar-refractivity contribution in [2.45, 2.75) is 6.92 Å². The molecule has 0 fully saturated rings. The standard InChI is InChI=1S/C13H15BrN2O2/c1-8-5-10(17-3)11(18-4)6-9(8)12-13(14)15-7-16(12)2/h5-7H,1-4H3. The van der Waals surface area contributed by atoms with E-state index in [4.69, 9.17) is 9.47 Å². The van der Waals surface area contributed by atoms with E-state index >= 15 is 0 Å². The molecule has 0 aliphatic carbocycles. The van der Waals surface area contributed by atoms with Gasteiger partial charge < -0.3 is 14.0 Å². The normalized spacial score (nSPS) is 10.5. The zero-order valence-corrected chi connectivity index (χ0v) is 12.4. The summed E-state index contributed by atoms with van der Waals surface area (Å²) < 4.78 is 13.4. The average Bonchev–Trinajstić information content (AvgIpc) is 2.69. The van der Waals surface area contributed by atoms with Crippen LogP contribution in [0.5, 0.6) is 11.5 Å². The van der Waals surface area contributed by atoms with Crippen LogP contribution in [0.1, 0.15) is 5.56 Å². The second kappa shape index (κ2) is 5.02. The molecule has 0 saturated heterocycles. The molecule has 0 N–H and O–H groups in total. The fourth-order valence-corrected chi connectivity index (χ4v) is 2.52. The topological polar surface area (TPSA) is 36.3 Å². The first kappa shape index (κ1) is 13.0. The lowest BCUT2D eigenvalue weighted by Crippen LogP contribution is -1.96. The molecule has 0 bridgehead atoms. The summed E-state index contributed by atoms with van der Waals surface area (Å²) in [4.78, 5) is 4.24. The van der Waals surface area contributed by atoms with Crippen LogP contribution >= 0.6 is 15.9 Å². The van der Waals surface area contributed by atoms with Gasteiger partial charge in [-0.3, -0.25) is 0 Å². The fourth-order valence-electron chi connectivity index (χ4n) is 1.94. The Kier molecular flexibility index (Phi) is 3.61. The molecule has 5 heteroatoms. The SMILES string of the molecule is COc1cc(C)c(-c2c(Br)ncn2C)cc1OC. The van der Waals surface area contributed by atoms with Gasteiger partial charge in [0.1, 0.15) is 4.60 Å². The summed E-state index contributed by atoms with van der Waals surface area (Å²) in [7, 11) is 5.23. The summed E-state index contributed by atoms with van der Waals surface area (Å²) >= 11 is 3.47. The third kappa shape index (κ3) is 2.10. The smallest absolute Gasteiger partial charge is 0.161 e. The molecular weight excluding hydrogens is 296 g/mol. The summed E-state index contributed by atoms with van der Waals surface area (Å²) in [6.07, 6.45) is 1.77. The van der Waals surface area contributed by atoms with Crippen LogP contribution in [0.2, 0.25) is 0 Å². The van der Waals surface area contributed by atoms with Gasteiger partial charge in [0.25, 0.3) is 0 Å². The Morgan fingerprint density at radius 2 is 1.78 bits per heavy atom. The van der Waals surface area contributed by atoms with Gasteiger partial charge in [-0.05, 0) is 40.5 Å². The van der Waals surface area contributed by atoms with Crippen molar-refractivity contribution >= 4 is 15.9 Å². The highest BCUT2D eigenvalue weighted by molar-refractivity contribution is 9.10. The highest BCUT2D eigenvalue weighted by Crippen LogP contribution is 2.37. The average molecular weight is 311 g/mol. The van der Waals surface area contributed by atoms with E-state index in [0.29, 0.717) is 5.75 Å². The van der Waals surface area contributed by atoms with E-state index in [1.807, 2.05) is 30.7 Å². The van der Waals surface area contributed by atoms with E-state index < -0.39 is 0 Å². The molecule has 0 spiro atoms. The van der Waals surface area contributed by atoms with Gasteiger partial charge in [-0.25, -0.2) is 4.98 Å². The van der Waals surface area contributed by atoms with Crippen LogP contribution < -0.4 is 9.47 Å². The molecule has 0 saturated carbocycles. The van der Waals surface area contributed by atoms with Crippen LogP contribution in [0.4, 0.5) is 0 Å². The van der Waals surface area contributed by atoms with Gasteiger partial charge in [-0.1, -0.05) is 0 Å². The molecule has 2 rings (SSSR count). The van der Waals surface area contributed by atoms with Crippen molar-refractivity contribution in [2.24, 2.45) is 7.05 Å². The first-order valence-corrected chi connectivity index (χ1v) is 6.27. The summed E-state index contributed by atoms with van der Waals surface area (Å²) in [6.45, 7) is 2.04. The minimum absolute atomic E-state index is 0.714. The fraction of sp³-hybridized carbons (Fsp3) is 0.308. The number of aryl methyl sites for hydroxylation is 2. The Labute approximate surface area is 115 Å². The molecule has 18 heavy (non-hydrogen) atoms. The molecule has 1 aromatic carbocycles. The van der Waals surface area contributed by atoms with Crippen molar-refractivity contribution in [3.8, 4) is 22.8 Å². The van der Waals surface area contributed by atoms with E-state index in [1.165, 1.54) is 0 Å². The van der Waals surface area contributed by atoms with E-state index in [0.717, 1.165) is 27.2 Å². The molecule has 0 aliphatic heterocycles. The lowest BCUT2D eigenvalue weighted by atomic mass is 10.0. The second-order valence-electron chi connectivity index (χ2n) is 4.02. The molecule has 0 radical (unpaired) electrons. The quantitative estimate of drug-likeness (QED) is 0.873. The third-order valence-electron chi connectivity index (χ3n) is 2.88. The Bertz CT molecular complexity index is 559. The number of halogens is 1. The molecule has 2 aromatic rings. The lowest BCUT2D eigenvalue weighted by molar-refractivity contribution is 0.355. The van der Waals surface area contributed by atoms with Crippen LogP contribution in [-0.2, 0) is 7.05 Å². The molecule has 96 valence electrons. The van der Waals surface area contributed by atoms with Crippen LogP contribution in [0.25, 0.3) is 11.3 Å². The van der Waals surface area contributed by atoms with Crippen molar-refractivity contribution < 1.29 is 9.47 Å². The number of aromatic nitrogens is 2. The van der Waals surface area contributed by atoms with E-state index in [2.05, 4.69) is 20.9 Å². The zero-order valence-electron chi connectivity index (χ0n) is 10.8. The van der Waals surface area contributed by atoms with Crippen LogP contribution in [0.3, 0.4) is 0 Å². The summed E-state index contributed by atoms with van der Waals surface area (Å²) in [5, 5.41) is 0. The largest absolute Gasteiger partial charge is 0.493 e. The number of imidazole rings is 1. The van der Waals surface area contributed by atoms with Crippen molar-refractivity contribution in [3.05, 3.63) is 28.6 Å². The molecular formula is C13H15BrN2O2. The zero-order chi connectivity index (χ0) is 13.3. The minimum atomic E-state index is 0.714. The Morgan fingerprint density at radius 3 is 2.28 bits per heavy atom. The van der Waals surface area contributed by atoms with E-state index in [1.54, 1.807) is 20.5 Å². The Morgan fingerprint density at radius 1 is 1.17 bits per heavy atom. The number of rotatable bonds is 3. The number of benzene rings is 1. The van der Waals surface area contributed by atoms with Gasteiger partial charge in [0.15, 0.2) is 11.5 Å². The van der Waals surface area contributed by atoms with Gasteiger partial charge in [-0.2, -0.15) is 0 Å². The summed E-state index contributed by atoms with van der Waals surface area (Å²) in [5.74, 6) is 1.45. The predicted octanol–water partition coefficient (Wildman–Crippen LogP) is 3.18. The maximum atomic E-state index is 5.34. The minimum Gasteiger partial charge on any atom is -0.493 e. The maximum Gasteiger partial charge on any atom is 0.161 e. The van der Waals surface area contributed by atoms with Gasteiger partial charge in [0.2, 0.25) is 0 Å². The van der Waals surface area contributed by atoms with Crippen molar-refractivity contribution in [1.29, 1.82) is 0 Å². The monoisotopic (exact) mass is 310 g/mol. The molecule has 1 heterocycles. The van der Waals surface area contributed by atoms with Gasteiger partial charge in [0.05, 0.1) is 26.2 Å². The highest BCUT2D eigenvalue weighted by Gasteiger charge is 2.15. The Balaban J connectivity index is 2.65. The third-order valence-corrected chi connectivity index (χ3v) is 3.46. The number of ether oxygens (including phenoxy) is 2. The van der Waals surface area contributed by atoms with Crippen molar-refractivity contribution in [3.63, 3.8) is 0 Å². The van der Waals surface area contributed by atoms with Crippen LogP contribution in [0.15, 0.2) is 23.1 Å². The van der Waals surface area contributed by atoms with Gasteiger partial charge >= 0.3 is 0 Å². The first-order valence-electron chi connectivity index (χ1n) is 5.48. The number of hydrogen-bond acceptors (Lipinski definition) is 3. The molecule has 0 unspecified atom stereocenters. The number of nitrogens with zero attached hydrogens (tertiary/aromatic N) is 2. The molecule has 0 amide bonds. The summed E-state index contributed by atoms with van der Waals surface area (Å²) in [5.41, 5.74) is 3.20. The summed E-state index contributed by atoms with van der Waals surface area (Å²) in [6, 6.07) is 3.93. The lowest BCUT2D eigenvalue weighted by Gasteiger charge is -2.13. The predicted molar refractivity (Wildman–Crippen MR) is 74.2 cm³/mol. The molecule has 4 nitrogen and oxygen atoms in total. The maximum absolute atomic E-state index is 5.34. The second-order valence-corrected chi connectivity index (χ2v) is 4.77. The molecule has 0 atom stereocenters. The van der Waals surface area contributed by atoms with Crippen LogP contribution in [-0.4, -0.2) is 23.8 Å². The van der Waals surface area contributed by atoms with Gasteiger partial charge in [0, 0.05) is 12.6 Å². The van der Waals surface area contributed by atoms with Crippen molar-refractivity contribution in [1.82, 2.24) is 9.55 Å². The highest BCUT2D eigenvalue weighted by atomic mass is 79.9. The number of hydrogen-bond donors (Lipinski definition) is 0. The Hall–Kier alpha value is -1.49. The van der Waals surface area contributed by atoms with Gasteiger partial charge in [-0.15, -0.1) is 0 Å². The number of methoxy groups -OCH3 is 2.